The van der Waals surface area contributed by atoms with Crippen LogP contribution in [0.25, 0.3) is 0 Å². The van der Waals surface area contributed by atoms with Crippen molar-refractivity contribution < 1.29 is 27.5 Å². The van der Waals surface area contributed by atoms with Gasteiger partial charge < -0.3 is 14.4 Å². The Morgan fingerprint density at radius 3 is 2.23 bits per heavy atom. The van der Waals surface area contributed by atoms with E-state index in [4.69, 9.17) is 21.1 Å². The number of nitrogens with zero attached hydrogens (tertiary/aromatic N) is 2. The largest absolute Gasteiger partial charge is 0.468 e. The molecule has 0 spiro atoms. The molecule has 0 saturated heterocycles. The summed E-state index contributed by atoms with van der Waals surface area (Å²) in [5.74, 6) is -0.123. The maximum atomic E-state index is 14.0. The minimum atomic E-state index is -4.21. The molecular weight excluding hydrogens is 560 g/mol. The molecule has 5 rings (SSSR count). The van der Waals surface area contributed by atoms with E-state index in [0.717, 1.165) is 4.31 Å². The molecule has 0 fully saturated rings. The molecule has 1 aliphatic heterocycles. The number of anilines is 1. The summed E-state index contributed by atoms with van der Waals surface area (Å²) in [5.41, 5.74) is 1.12. The van der Waals surface area contributed by atoms with Gasteiger partial charge in [-0.05, 0) is 71.6 Å². The third-order valence-electron chi connectivity index (χ3n) is 6.24. The van der Waals surface area contributed by atoms with Crippen LogP contribution in [0.1, 0.15) is 15.2 Å². The molecule has 1 amide bonds. The number of carbonyl (C=O) groups is 2. The fourth-order valence-corrected chi connectivity index (χ4v) is 6.65. The predicted octanol–water partition coefficient (Wildman–Crippen LogP) is 5.59. The Hall–Kier alpha value is -3.70. The average molecular weight is 583 g/mol. The summed E-state index contributed by atoms with van der Waals surface area (Å²) >= 11 is 7.19. The summed E-state index contributed by atoms with van der Waals surface area (Å²) < 4.78 is 39.8. The van der Waals surface area contributed by atoms with E-state index in [1.807, 2.05) is 0 Å². The van der Waals surface area contributed by atoms with Crippen LogP contribution in [0.15, 0.2) is 95.2 Å². The first-order chi connectivity index (χ1) is 18.8. The molecule has 8 nitrogen and oxygen atoms in total. The van der Waals surface area contributed by atoms with E-state index < -0.39 is 22.0 Å². The van der Waals surface area contributed by atoms with Gasteiger partial charge in [0.25, 0.3) is 5.91 Å². The first kappa shape index (κ1) is 26.9. The van der Waals surface area contributed by atoms with Crippen molar-refractivity contribution in [2.24, 2.45) is 0 Å². The van der Waals surface area contributed by atoms with Gasteiger partial charge in [-0.3, -0.25) is 9.59 Å². The number of halogens is 1. The van der Waals surface area contributed by atoms with Crippen molar-refractivity contribution in [2.45, 2.75) is 17.5 Å². The highest BCUT2D eigenvalue weighted by Gasteiger charge is 2.42. The van der Waals surface area contributed by atoms with Gasteiger partial charge in [0.1, 0.15) is 17.5 Å². The standard InChI is InChI=1S/C28H23ClN2O6S2/c1-36-28(33)25-18-30(27(32)26-7-4-16-38-26)24-6-3-2-5-19(24)17-31(25)39(34,35)23-14-12-22(13-15-23)37-21-10-8-20(29)9-11-21/h2-16,25H,17-18H2,1H3. The van der Waals surface area contributed by atoms with Crippen molar-refractivity contribution in [3.63, 3.8) is 0 Å². The lowest BCUT2D eigenvalue weighted by Crippen LogP contribution is -2.50. The molecule has 0 N–H and O–H groups in total. The number of ether oxygens (including phenoxy) is 2. The summed E-state index contributed by atoms with van der Waals surface area (Å²) in [6, 6.07) is 21.9. The lowest BCUT2D eigenvalue weighted by molar-refractivity contribution is -0.144. The number of rotatable bonds is 6. The number of carbonyl (C=O) groups excluding carboxylic acids is 2. The number of amides is 1. The van der Waals surface area contributed by atoms with Gasteiger partial charge >= 0.3 is 5.97 Å². The molecule has 4 aromatic rings. The number of para-hydroxylation sites is 1. The molecule has 2 heterocycles. The summed E-state index contributed by atoms with van der Waals surface area (Å²) in [7, 11) is -3.01. The van der Waals surface area contributed by atoms with Crippen molar-refractivity contribution in [2.75, 3.05) is 18.6 Å². The molecule has 0 aliphatic carbocycles. The Balaban J connectivity index is 1.50. The smallest absolute Gasteiger partial charge is 0.326 e. The first-order valence-corrected chi connectivity index (χ1v) is 14.5. The third kappa shape index (κ3) is 5.55. The van der Waals surface area contributed by atoms with Gasteiger partial charge in [-0.25, -0.2) is 8.42 Å². The Labute approximate surface area is 235 Å². The maximum Gasteiger partial charge on any atom is 0.326 e. The second-order valence-electron chi connectivity index (χ2n) is 8.64. The van der Waals surface area contributed by atoms with E-state index in [2.05, 4.69) is 0 Å². The minimum Gasteiger partial charge on any atom is -0.468 e. The van der Waals surface area contributed by atoms with Crippen molar-refractivity contribution in [1.29, 1.82) is 0 Å². The van der Waals surface area contributed by atoms with E-state index in [1.165, 1.54) is 47.6 Å². The Morgan fingerprint density at radius 2 is 1.59 bits per heavy atom. The second-order valence-corrected chi connectivity index (χ2v) is 11.9. The molecular formula is C28H23ClN2O6S2. The van der Waals surface area contributed by atoms with Crippen LogP contribution in [-0.4, -0.2) is 44.3 Å². The summed E-state index contributed by atoms with van der Waals surface area (Å²) in [5, 5.41) is 2.35. The van der Waals surface area contributed by atoms with E-state index in [9.17, 15) is 18.0 Å². The zero-order valence-electron chi connectivity index (χ0n) is 20.7. The topological polar surface area (TPSA) is 93.2 Å². The van der Waals surface area contributed by atoms with E-state index in [1.54, 1.807) is 66.0 Å². The van der Waals surface area contributed by atoms with Crippen LogP contribution in [0.2, 0.25) is 5.02 Å². The van der Waals surface area contributed by atoms with Crippen LogP contribution < -0.4 is 9.64 Å². The van der Waals surface area contributed by atoms with Crippen molar-refractivity contribution in [3.05, 3.63) is 106 Å². The van der Waals surface area contributed by atoms with Crippen LogP contribution in [0, 0.1) is 0 Å². The van der Waals surface area contributed by atoms with Crippen LogP contribution in [0.4, 0.5) is 5.69 Å². The summed E-state index contributed by atoms with van der Waals surface area (Å²) in [4.78, 5) is 28.3. The first-order valence-electron chi connectivity index (χ1n) is 11.8. The number of methoxy groups -OCH3 is 1. The van der Waals surface area contributed by atoms with E-state index >= 15 is 0 Å². The number of hydrogen-bond acceptors (Lipinski definition) is 7. The van der Waals surface area contributed by atoms with Gasteiger partial charge in [0.2, 0.25) is 10.0 Å². The molecule has 1 aromatic heterocycles. The van der Waals surface area contributed by atoms with E-state index in [0.29, 0.717) is 32.6 Å². The molecule has 1 unspecified atom stereocenters. The van der Waals surface area contributed by atoms with Gasteiger partial charge in [-0.2, -0.15) is 4.31 Å². The number of hydrogen-bond donors (Lipinski definition) is 0. The number of benzene rings is 3. The van der Waals surface area contributed by atoms with Crippen LogP contribution in [0.5, 0.6) is 11.5 Å². The van der Waals surface area contributed by atoms with Crippen molar-refractivity contribution >= 4 is 50.5 Å². The lowest BCUT2D eigenvalue weighted by Gasteiger charge is -2.29. The fourth-order valence-electron chi connectivity index (χ4n) is 4.31. The van der Waals surface area contributed by atoms with E-state index in [-0.39, 0.29) is 23.9 Å². The monoisotopic (exact) mass is 582 g/mol. The Morgan fingerprint density at radius 1 is 0.923 bits per heavy atom. The van der Waals surface area contributed by atoms with Crippen LogP contribution in [-0.2, 0) is 26.1 Å². The van der Waals surface area contributed by atoms with Gasteiger partial charge in [-0.1, -0.05) is 35.9 Å². The maximum absolute atomic E-state index is 14.0. The molecule has 39 heavy (non-hydrogen) atoms. The predicted molar refractivity (Wildman–Crippen MR) is 149 cm³/mol. The molecule has 1 atom stereocenters. The summed E-state index contributed by atoms with van der Waals surface area (Å²) in [6.45, 7) is -0.340. The highest BCUT2D eigenvalue weighted by atomic mass is 35.5. The average Bonchev–Trinajstić information content (AvgIpc) is 3.43. The van der Waals surface area contributed by atoms with Gasteiger partial charge in [0, 0.05) is 17.3 Å². The molecule has 0 bridgehead atoms. The summed E-state index contributed by atoms with van der Waals surface area (Å²) in [6.07, 6.45) is 0. The van der Waals surface area contributed by atoms with Crippen molar-refractivity contribution in [3.8, 4) is 11.5 Å². The molecule has 11 heteroatoms. The Bertz CT molecular complexity index is 1590. The SMILES string of the molecule is COC(=O)C1CN(C(=O)c2cccs2)c2ccccc2CN1S(=O)(=O)c1ccc(Oc2ccc(Cl)cc2)cc1. The number of thiophene rings is 1. The van der Waals surface area contributed by atoms with Gasteiger partial charge in [-0.15, -0.1) is 11.3 Å². The van der Waals surface area contributed by atoms with Crippen LogP contribution >= 0.6 is 22.9 Å². The second kappa shape index (κ2) is 11.2. The molecule has 3 aromatic carbocycles. The number of fused-ring (bicyclic) bond motifs is 1. The quantitative estimate of drug-likeness (QED) is 0.275. The zero-order chi connectivity index (χ0) is 27.6. The number of esters is 1. The molecule has 200 valence electrons. The van der Waals surface area contributed by atoms with Gasteiger partial charge in [0.05, 0.1) is 23.4 Å². The third-order valence-corrected chi connectivity index (χ3v) is 9.22. The minimum absolute atomic E-state index is 0.0321. The van der Waals surface area contributed by atoms with Crippen molar-refractivity contribution in [1.82, 2.24) is 4.31 Å². The lowest BCUT2D eigenvalue weighted by atomic mass is 10.1. The number of sulfonamides is 1. The van der Waals surface area contributed by atoms with Gasteiger partial charge in [0.15, 0.2) is 0 Å². The van der Waals surface area contributed by atoms with Crippen LogP contribution in [0.3, 0.4) is 0 Å². The fraction of sp³-hybridized carbons (Fsp3) is 0.143. The Kier molecular flexibility index (Phi) is 7.72. The zero-order valence-corrected chi connectivity index (χ0v) is 23.1. The highest BCUT2D eigenvalue weighted by Crippen LogP contribution is 2.33. The molecule has 0 saturated carbocycles. The normalized spacial score (nSPS) is 15.7. The highest BCUT2D eigenvalue weighted by molar-refractivity contribution is 7.89. The molecule has 0 radical (unpaired) electrons. The molecule has 1 aliphatic rings.